The SMILES string of the molecule is CC/C=C\C/C=C\C/C=C\C/C=C\C/C=C\C/C=C\CCCCCCCCC(=O)NC(COP(=O)(O)OCC[N+](C)(C)C)C(/C=C/CCCCCCCCCCC)OC(=O)CCCCCCCCCCCCCCCCCCC/C=C\C/C=C\CCCCC. The number of quaternary nitrogens is 1. The van der Waals surface area contributed by atoms with Crippen molar-refractivity contribution in [3.05, 3.63) is 109 Å². The normalized spacial score (nSPS) is 14.1. The van der Waals surface area contributed by atoms with E-state index in [-0.39, 0.29) is 31.5 Å². The van der Waals surface area contributed by atoms with E-state index >= 15 is 0 Å². The van der Waals surface area contributed by atoms with Gasteiger partial charge in [0.2, 0.25) is 5.91 Å². The van der Waals surface area contributed by atoms with Crippen LogP contribution in [-0.4, -0.2) is 74.3 Å². The molecule has 0 aromatic carbocycles. The molecule has 9 nitrogen and oxygen atoms in total. The molecule has 3 unspecified atom stereocenters. The molecule has 514 valence electrons. The van der Waals surface area contributed by atoms with Crippen LogP contribution < -0.4 is 5.32 Å². The second-order valence-electron chi connectivity index (χ2n) is 26.1. The van der Waals surface area contributed by atoms with E-state index in [1.54, 1.807) is 0 Å². The molecule has 0 heterocycles. The van der Waals surface area contributed by atoms with Crippen LogP contribution in [0, 0.1) is 0 Å². The average Bonchev–Trinajstić information content (AvgIpc) is 3.62. The Morgan fingerprint density at radius 3 is 1.10 bits per heavy atom. The molecule has 1 amide bonds. The van der Waals surface area contributed by atoms with Gasteiger partial charge in [0, 0.05) is 12.8 Å². The maximum Gasteiger partial charge on any atom is 0.472 e. The number of esters is 1. The highest BCUT2D eigenvalue weighted by Crippen LogP contribution is 2.43. The van der Waals surface area contributed by atoms with Crippen molar-refractivity contribution in [1.29, 1.82) is 0 Å². The molecule has 0 aliphatic carbocycles. The maximum atomic E-state index is 13.6. The molecular formula is C79H142N2O7P+. The summed E-state index contributed by atoms with van der Waals surface area (Å²) in [7, 11) is 1.48. The van der Waals surface area contributed by atoms with Gasteiger partial charge in [-0.05, 0) is 115 Å². The second kappa shape index (κ2) is 67.6. The number of rotatable bonds is 67. The Hall–Kier alpha value is -3.33. The Balaban J connectivity index is 4.99. The van der Waals surface area contributed by atoms with Gasteiger partial charge in [-0.15, -0.1) is 0 Å². The molecule has 0 saturated heterocycles. The summed E-state index contributed by atoms with van der Waals surface area (Å²) in [6.07, 6.45) is 94.0. The molecule has 0 aromatic heterocycles. The molecule has 0 bridgehead atoms. The summed E-state index contributed by atoms with van der Waals surface area (Å²) in [4.78, 5) is 37.9. The van der Waals surface area contributed by atoms with Crippen LogP contribution in [0.1, 0.15) is 329 Å². The zero-order valence-corrected chi connectivity index (χ0v) is 59.8. The summed E-state index contributed by atoms with van der Waals surface area (Å²) < 4.78 is 30.8. The minimum Gasteiger partial charge on any atom is -0.456 e. The van der Waals surface area contributed by atoms with Gasteiger partial charge >= 0.3 is 13.8 Å². The van der Waals surface area contributed by atoms with E-state index in [1.807, 2.05) is 33.3 Å². The molecule has 0 aliphatic heterocycles. The minimum absolute atomic E-state index is 0.0331. The lowest BCUT2D eigenvalue weighted by molar-refractivity contribution is -0.870. The number of phosphoric acid groups is 1. The highest BCUT2D eigenvalue weighted by atomic mass is 31.2. The van der Waals surface area contributed by atoms with Crippen molar-refractivity contribution in [1.82, 2.24) is 5.32 Å². The predicted octanol–water partition coefficient (Wildman–Crippen LogP) is 24.0. The van der Waals surface area contributed by atoms with E-state index in [0.29, 0.717) is 17.4 Å². The number of unbranched alkanes of at least 4 members (excludes halogenated alkanes) is 35. The van der Waals surface area contributed by atoms with Crippen LogP contribution in [0.15, 0.2) is 109 Å². The van der Waals surface area contributed by atoms with E-state index in [0.717, 1.165) is 128 Å². The lowest BCUT2D eigenvalue weighted by Gasteiger charge is -2.27. The third-order valence-electron chi connectivity index (χ3n) is 16.2. The fourth-order valence-electron chi connectivity index (χ4n) is 10.5. The number of nitrogens with one attached hydrogen (secondary N) is 1. The quantitative estimate of drug-likeness (QED) is 0.0205. The number of amides is 1. The number of phosphoric ester groups is 1. The molecular weight excluding hydrogens is 1120 g/mol. The van der Waals surface area contributed by atoms with Gasteiger partial charge in [-0.2, -0.15) is 0 Å². The molecule has 0 spiro atoms. The molecule has 0 aliphatic rings. The van der Waals surface area contributed by atoms with Gasteiger partial charge in [-0.25, -0.2) is 4.57 Å². The van der Waals surface area contributed by atoms with Crippen molar-refractivity contribution in [2.45, 2.75) is 341 Å². The molecule has 0 aromatic rings. The van der Waals surface area contributed by atoms with E-state index in [2.05, 4.69) is 123 Å². The van der Waals surface area contributed by atoms with Crippen LogP contribution in [-0.2, 0) is 27.9 Å². The lowest BCUT2D eigenvalue weighted by Crippen LogP contribution is -2.47. The predicted molar refractivity (Wildman–Crippen MR) is 387 cm³/mol. The number of carbonyl (C=O) groups excluding carboxylic acids is 2. The smallest absolute Gasteiger partial charge is 0.456 e. The van der Waals surface area contributed by atoms with Crippen LogP contribution in [0.5, 0.6) is 0 Å². The van der Waals surface area contributed by atoms with Gasteiger partial charge < -0.3 is 19.4 Å². The lowest BCUT2D eigenvalue weighted by atomic mass is 10.0. The summed E-state index contributed by atoms with van der Waals surface area (Å²) in [6.45, 7) is 6.88. The van der Waals surface area contributed by atoms with Crippen LogP contribution >= 0.6 is 7.82 Å². The highest BCUT2D eigenvalue weighted by Gasteiger charge is 2.30. The van der Waals surface area contributed by atoms with Gasteiger partial charge in [0.25, 0.3) is 0 Å². The Kier molecular flexibility index (Phi) is 65.0. The summed E-state index contributed by atoms with van der Waals surface area (Å²) >= 11 is 0. The third-order valence-corrected chi connectivity index (χ3v) is 17.2. The zero-order chi connectivity index (χ0) is 64.9. The number of hydrogen-bond donors (Lipinski definition) is 2. The van der Waals surface area contributed by atoms with Crippen LogP contribution in [0.25, 0.3) is 0 Å². The largest absolute Gasteiger partial charge is 0.472 e. The van der Waals surface area contributed by atoms with Gasteiger partial charge in [0.1, 0.15) is 19.3 Å². The van der Waals surface area contributed by atoms with Crippen molar-refractivity contribution in [3.63, 3.8) is 0 Å². The average molecular weight is 1260 g/mol. The fraction of sp³-hybridized carbons (Fsp3) is 0.747. The first-order chi connectivity index (χ1) is 43.4. The van der Waals surface area contributed by atoms with Gasteiger partial charge in [0.05, 0.1) is 33.8 Å². The fourth-order valence-corrected chi connectivity index (χ4v) is 11.2. The molecule has 0 saturated carbocycles. The summed E-state index contributed by atoms with van der Waals surface area (Å²) in [5.41, 5.74) is 0. The number of likely N-dealkylation sites (N-methyl/N-ethyl adjacent to an activating group) is 1. The first-order valence-electron chi connectivity index (χ1n) is 37.2. The molecule has 10 heteroatoms. The van der Waals surface area contributed by atoms with Crippen LogP contribution in [0.3, 0.4) is 0 Å². The zero-order valence-electron chi connectivity index (χ0n) is 58.9. The Morgan fingerprint density at radius 1 is 0.404 bits per heavy atom. The molecule has 2 N–H and O–H groups in total. The summed E-state index contributed by atoms with van der Waals surface area (Å²) in [5, 5.41) is 3.06. The first kappa shape index (κ1) is 85.7. The third kappa shape index (κ3) is 68.9. The van der Waals surface area contributed by atoms with Gasteiger partial charge in [-0.1, -0.05) is 310 Å². The summed E-state index contributed by atoms with van der Waals surface area (Å²) in [5.74, 6) is -0.518. The number of allylic oxidation sites excluding steroid dienone is 17. The van der Waals surface area contributed by atoms with E-state index in [4.69, 9.17) is 13.8 Å². The second-order valence-corrected chi connectivity index (χ2v) is 27.5. The van der Waals surface area contributed by atoms with E-state index in [1.165, 1.54) is 167 Å². The van der Waals surface area contributed by atoms with Gasteiger partial charge in [-0.3, -0.25) is 18.6 Å². The van der Waals surface area contributed by atoms with Crippen LogP contribution in [0.4, 0.5) is 0 Å². The van der Waals surface area contributed by atoms with Crippen molar-refractivity contribution >= 4 is 19.7 Å². The molecule has 0 rings (SSSR count). The molecule has 0 radical (unpaired) electrons. The number of ether oxygens (including phenoxy) is 1. The molecule has 3 atom stereocenters. The van der Waals surface area contributed by atoms with Crippen LogP contribution in [0.2, 0.25) is 0 Å². The molecule has 0 fully saturated rings. The van der Waals surface area contributed by atoms with Crippen molar-refractivity contribution in [2.75, 3.05) is 40.9 Å². The monoisotopic (exact) mass is 1260 g/mol. The first-order valence-corrected chi connectivity index (χ1v) is 38.7. The number of hydrogen-bond acceptors (Lipinski definition) is 6. The topological polar surface area (TPSA) is 111 Å². The Labute approximate surface area is 551 Å². The standard InChI is InChI=1S/C79H141N2O7P/c1-7-10-13-16-19-22-25-27-29-31-33-35-37-39-40-42-44-46-48-50-52-54-57-60-63-66-69-72-79(83)88-77(70-67-64-61-58-55-24-21-18-15-12-9-3)76(75-87-89(84,85)86-74-73-81(4,5)6)80-78(82)71-68-65-62-59-56-53-51-49-47-45-43-41-38-36-34-32-30-28-26-23-20-17-14-11-8-2/h11,14,19-20,22-23,27-30,34,36,41,43,47,49,67,70,76-77H,7-10,12-13,15-18,21,24-26,31-33,35,37-40,42,44-46,48,50-66,68-69,71-75H2,1-6H3,(H-,80,82,84,85)/p+1/b14-11-,22-19-,23-20-,29-27-,30-28-,36-34-,43-41-,49-47-,70-67+. The Bertz CT molecular complexity index is 1890. The summed E-state index contributed by atoms with van der Waals surface area (Å²) in [6, 6.07) is -0.863. The van der Waals surface area contributed by atoms with Crippen molar-refractivity contribution in [2.24, 2.45) is 0 Å². The minimum atomic E-state index is -4.47. The van der Waals surface area contributed by atoms with E-state index in [9.17, 15) is 19.0 Å². The highest BCUT2D eigenvalue weighted by molar-refractivity contribution is 7.47. The molecule has 89 heavy (non-hydrogen) atoms. The van der Waals surface area contributed by atoms with Crippen molar-refractivity contribution < 1.29 is 37.3 Å². The van der Waals surface area contributed by atoms with E-state index < -0.39 is 20.0 Å². The number of carbonyl (C=O) groups is 2. The Morgan fingerprint density at radius 2 is 0.719 bits per heavy atom. The van der Waals surface area contributed by atoms with Crippen molar-refractivity contribution in [3.8, 4) is 0 Å². The van der Waals surface area contributed by atoms with Gasteiger partial charge in [0.15, 0.2) is 0 Å². The number of nitrogens with zero attached hydrogens (tertiary/aromatic N) is 1. The maximum absolute atomic E-state index is 13.6.